The second-order valence-electron chi connectivity index (χ2n) is 7.32. The van der Waals surface area contributed by atoms with Crippen LogP contribution in [0.2, 0.25) is 0 Å². The Hall–Kier alpha value is -2.22. The highest BCUT2D eigenvalue weighted by Crippen LogP contribution is 2.18. The summed E-state index contributed by atoms with van der Waals surface area (Å²) in [6, 6.07) is 8.16. The Balaban J connectivity index is 1.34. The topological polar surface area (TPSA) is 76.3 Å². The summed E-state index contributed by atoms with van der Waals surface area (Å²) in [6.07, 6.45) is 0.886. The van der Waals surface area contributed by atoms with Crippen molar-refractivity contribution in [1.29, 1.82) is 0 Å². The van der Waals surface area contributed by atoms with Gasteiger partial charge in [0.15, 0.2) is 5.69 Å². The molecule has 144 valence electrons. The standard InChI is InChI=1S/C20H28N6O/c1-2-25-9-11-26(12-10-25)14-15-3-5-16(6-4-15)22-20(27)19-17-13-21-8-7-18(17)23-24-19/h3-6,21H,2,7-14H2,1H3,(H,22,27)(H,23,24). The van der Waals surface area contributed by atoms with E-state index in [1.807, 2.05) is 12.1 Å². The number of hydrogen-bond donors (Lipinski definition) is 3. The van der Waals surface area contributed by atoms with Crippen LogP contribution in [-0.2, 0) is 19.5 Å². The highest BCUT2D eigenvalue weighted by molar-refractivity contribution is 6.04. The van der Waals surface area contributed by atoms with E-state index in [0.29, 0.717) is 12.2 Å². The van der Waals surface area contributed by atoms with Crippen molar-refractivity contribution in [3.8, 4) is 0 Å². The van der Waals surface area contributed by atoms with Gasteiger partial charge in [0, 0.05) is 69.2 Å². The van der Waals surface area contributed by atoms with Crippen molar-refractivity contribution in [3.63, 3.8) is 0 Å². The Bertz CT molecular complexity index is 776. The Labute approximate surface area is 160 Å². The number of anilines is 1. The van der Waals surface area contributed by atoms with Gasteiger partial charge in [-0.1, -0.05) is 19.1 Å². The van der Waals surface area contributed by atoms with Crippen LogP contribution < -0.4 is 10.6 Å². The lowest BCUT2D eigenvalue weighted by Crippen LogP contribution is -2.45. The molecule has 4 rings (SSSR count). The molecule has 0 bridgehead atoms. The highest BCUT2D eigenvalue weighted by atomic mass is 16.1. The number of amides is 1. The lowest BCUT2D eigenvalue weighted by atomic mass is 10.1. The van der Waals surface area contributed by atoms with Crippen molar-refractivity contribution in [3.05, 3.63) is 46.8 Å². The Morgan fingerprint density at radius 3 is 2.63 bits per heavy atom. The van der Waals surface area contributed by atoms with E-state index in [-0.39, 0.29) is 5.91 Å². The van der Waals surface area contributed by atoms with Crippen LogP contribution in [0.25, 0.3) is 0 Å². The highest BCUT2D eigenvalue weighted by Gasteiger charge is 2.21. The fourth-order valence-corrected chi connectivity index (χ4v) is 3.82. The number of fused-ring (bicyclic) bond motifs is 1. The molecule has 0 unspecified atom stereocenters. The smallest absolute Gasteiger partial charge is 0.276 e. The molecule has 1 amide bonds. The number of benzene rings is 1. The summed E-state index contributed by atoms with van der Waals surface area (Å²) in [5.41, 5.74) is 4.63. The Kier molecular flexibility index (Phi) is 5.52. The second-order valence-corrected chi connectivity index (χ2v) is 7.32. The summed E-state index contributed by atoms with van der Waals surface area (Å²) in [5.74, 6) is -0.153. The predicted octanol–water partition coefficient (Wildman–Crippen LogP) is 1.45. The summed E-state index contributed by atoms with van der Waals surface area (Å²) in [4.78, 5) is 17.5. The molecular weight excluding hydrogens is 340 g/mol. The minimum Gasteiger partial charge on any atom is -0.321 e. The number of carbonyl (C=O) groups excluding carboxylic acids is 1. The van der Waals surface area contributed by atoms with Gasteiger partial charge < -0.3 is 15.5 Å². The summed E-state index contributed by atoms with van der Waals surface area (Å²) in [7, 11) is 0. The summed E-state index contributed by atoms with van der Waals surface area (Å²) in [6.45, 7) is 10.5. The zero-order valence-electron chi connectivity index (χ0n) is 15.9. The van der Waals surface area contributed by atoms with E-state index in [0.717, 1.165) is 69.2 Å². The van der Waals surface area contributed by atoms with Crippen molar-refractivity contribution < 1.29 is 4.79 Å². The van der Waals surface area contributed by atoms with E-state index in [4.69, 9.17) is 0 Å². The van der Waals surface area contributed by atoms with Crippen LogP contribution in [0, 0.1) is 0 Å². The number of rotatable bonds is 5. The summed E-state index contributed by atoms with van der Waals surface area (Å²) in [5, 5.41) is 13.5. The maximum Gasteiger partial charge on any atom is 0.276 e. The number of likely N-dealkylation sites (N-methyl/N-ethyl adjacent to an activating group) is 1. The third-order valence-corrected chi connectivity index (χ3v) is 5.55. The van der Waals surface area contributed by atoms with E-state index in [1.165, 1.54) is 5.56 Å². The zero-order chi connectivity index (χ0) is 18.6. The first-order chi connectivity index (χ1) is 13.2. The molecule has 2 aliphatic heterocycles. The van der Waals surface area contributed by atoms with Gasteiger partial charge in [-0.05, 0) is 24.2 Å². The molecule has 3 N–H and O–H groups in total. The minimum atomic E-state index is -0.153. The molecule has 1 fully saturated rings. The average molecular weight is 368 g/mol. The molecule has 7 heteroatoms. The van der Waals surface area contributed by atoms with Crippen LogP contribution in [0.5, 0.6) is 0 Å². The third-order valence-electron chi connectivity index (χ3n) is 5.55. The molecule has 2 aromatic rings. The normalized spacial score (nSPS) is 18.3. The van der Waals surface area contributed by atoms with Crippen LogP contribution in [0.3, 0.4) is 0 Å². The molecule has 1 aromatic carbocycles. The number of hydrogen-bond acceptors (Lipinski definition) is 5. The molecule has 0 atom stereocenters. The monoisotopic (exact) mass is 368 g/mol. The van der Waals surface area contributed by atoms with Crippen LogP contribution in [0.4, 0.5) is 5.69 Å². The maximum atomic E-state index is 12.6. The molecule has 3 heterocycles. The van der Waals surface area contributed by atoms with Crippen molar-refractivity contribution in [2.24, 2.45) is 0 Å². The van der Waals surface area contributed by atoms with Gasteiger partial charge in [0.1, 0.15) is 0 Å². The molecule has 0 radical (unpaired) electrons. The Morgan fingerprint density at radius 2 is 1.89 bits per heavy atom. The summed E-state index contributed by atoms with van der Waals surface area (Å²) < 4.78 is 0. The van der Waals surface area contributed by atoms with Gasteiger partial charge >= 0.3 is 0 Å². The van der Waals surface area contributed by atoms with Crippen LogP contribution in [0.1, 0.15) is 34.2 Å². The molecule has 1 saturated heterocycles. The second kappa shape index (κ2) is 8.21. The molecule has 0 saturated carbocycles. The number of nitrogens with zero attached hydrogens (tertiary/aromatic N) is 3. The fourth-order valence-electron chi connectivity index (χ4n) is 3.82. The average Bonchev–Trinajstić information content (AvgIpc) is 3.14. The maximum absolute atomic E-state index is 12.6. The van der Waals surface area contributed by atoms with Crippen molar-refractivity contribution in [2.75, 3.05) is 44.6 Å². The molecule has 27 heavy (non-hydrogen) atoms. The molecular formula is C20H28N6O. The molecule has 7 nitrogen and oxygen atoms in total. The first-order valence-corrected chi connectivity index (χ1v) is 9.84. The number of H-pyrrole nitrogens is 1. The molecule has 2 aliphatic rings. The number of carbonyl (C=O) groups is 1. The lowest BCUT2D eigenvalue weighted by molar-refractivity contribution is 0.102. The van der Waals surface area contributed by atoms with Gasteiger partial charge in [-0.25, -0.2) is 0 Å². The van der Waals surface area contributed by atoms with Crippen molar-refractivity contribution in [2.45, 2.75) is 26.4 Å². The minimum absolute atomic E-state index is 0.153. The van der Waals surface area contributed by atoms with Gasteiger partial charge in [-0.3, -0.25) is 14.8 Å². The van der Waals surface area contributed by atoms with E-state index in [1.54, 1.807) is 0 Å². The number of aromatic nitrogens is 2. The molecule has 0 spiro atoms. The van der Waals surface area contributed by atoms with Gasteiger partial charge in [-0.2, -0.15) is 5.10 Å². The largest absolute Gasteiger partial charge is 0.321 e. The van der Waals surface area contributed by atoms with Crippen LogP contribution >= 0.6 is 0 Å². The quantitative estimate of drug-likeness (QED) is 0.745. The summed E-state index contributed by atoms with van der Waals surface area (Å²) >= 11 is 0. The van der Waals surface area contributed by atoms with Gasteiger partial charge in [0.25, 0.3) is 5.91 Å². The van der Waals surface area contributed by atoms with Crippen molar-refractivity contribution in [1.82, 2.24) is 25.3 Å². The number of nitrogens with one attached hydrogen (secondary N) is 3. The Morgan fingerprint density at radius 1 is 1.15 bits per heavy atom. The van der Waals surface area contributed by atoms with Crippen LogP contribution in [0.15, 0.2) is 24.3 Å². The zero-order valence-corrected chi connectivity index (χ0v) is 15.9. The van der Waals surface area contributed by atoms with E-state index in [2.05, 4.69) is 49.7 Å². The molecule has 1 aromatic heterocycles. The lowest BCUT2D eigenvalue weighted by Gasteiger charge is -2.34. The van der Waals surface area contributed by atoms with Crippen LogP contribution in [-0.4, -0.2) is 65.2 Å². The van der Waals surface area contributed by atoms with E-state index >= 15 is 0 Å². The van der Waals surface area contributed by atoms with E-state index in [9.17, 15) is 4.79 Å². The third kappa shape index (κ3) is 4.21. The van der Waals surface area contributed by atoms with E-state index < -0.39 is 0 Å². The first kappa shape index (κ1) is 18.2. The SMILES string of the molecule is CCN1CCN(Cc2ccc(NC(=O)c3n[nH]c4c3CNCC4)cc2)CC1. The fraction of sp³-hybridized carbons (Fsp3) is 0.500. The number of piperazine rings is 1. The van der Waals surface area contributed by atoms with Gasteiger partial charge in [0.05, 0.1) is 0 Å². The predicted molar refractivity (Wildman–Crippen MR) is 106 cm³/mol. The first-order valence-electron chi connectivity index (χ1n) is 9.84. The molecule has 0 aliphatic carbocycles. The number of aromatic amines is 1. The van der Waals surface area contributed by atoms with Crippen molar-refractivity contribution >= 4 is 11.6 Å². The van der Waals surface area contributed by atoms with Gasteiger partial charge in [-0.15, -0.1) is 0 Å². The van der Waals surface area contributed by atoms with Gasteiger partial charge in [0.2, 0.25) is 0 Å².